The number of anilines is 6. The second kappa shape index (κ2) is 17.4. The third-order valence-electron chi connectivity index (χ3n) is 19.0. The van der Waals surface area contributed by atoms with Gasteiger partial charge in [0.05, 0.1) is 33.1 Å². The number of hydrogen-bond donors (Lipinski definition) is 0. The molecule has 6 aromatic heterocycles. The first-order valence-electron chi connectivity index (χ1n) is 30.1. The molecule has 0 aliphatic rings. The third-order valence-corrected chi connectivity index (χ3v) is 19.0. The predicted molar refractivity (Wildman–Crippen MR) is 363 cm³/mol. The summed E-state index contributed by atoms with van der Waals surface area (Å²) in [7, 11) is 0. The van der Waals surface area contributed by atoms with Gasteiger partial charge in [0, 0.05) is 98.8 Å². The number of aromatic nitrogens is 2. The molecule has 6 nitrogen and oxygen atoms in total. The van der Waals surface area contributed by atoms with Gasteiger partial charge in [-0.1, -0.05) is 137 Å². The van der Waals surface area contributed by atoms with Crippen molar-refractivity contribution in [2.75, 3.05) is 9.80 Å². The van der Waals surface area contributed by atoms with Crippen LogP contribution in [0.15, 0.2) is 251 Å². The lowest BCUT2D eigenvalue weighted by atomic mass is 10.0. The van der Waals surface area contributed by atoms with E-state index in [4.69, 9.17) is 8.83 Å². The summed E-state index contributed by atoms with van der Waals surface area (Å²) in [6.45, 7) is 9.02. The highest BCUT2D eigenvalue weighted by molar-refractivity contribution is 6.27. The summed E-state index contributed by atoms with van der Waals surface area (Å²) in [5, 5.41) is 18.7. The van der Waals surface area contributed by atoms with E-state index in [0.717, 1.165) is 99.5 Å². The molecule has 406 valence electrons. The maximum atomic E-state index is 6.90. The van der Waals surface area contributed by atoms with Crippen LogP contribution in [0.3, 0.4) is 0 Å². The van der Waals surface area contributed by atoms with Gasteiger partial charge in [0.2, 0.25) is 0 Å². The summed E-state index contributed by atoms with van der Waals surface area (Å²) in [6, 6.07) is 90.2. The first kappa shape index (κ1) is 47.6. The fourth-order valence-electron chi connectivity index (χ4n) is 14.8. The number of benzene rings is 13. The zero-order chi connectivity index (χ0) is 56.8. The van der Waals surface area contributed by atoms with Crippen molar-refractivity contribution in [1.82, 2.24) is 8.80 Å². The van der Waals surface area contributed by atoms with Crippen LogP contribution in [-0.4, -0.2) is 8.80 Å². The van der Waals surface area contributed by atoms with Gasteiger partial charge in [-0.25, -0.2) is 0 Å². The zero-order valence-corrected chi connectivity index (χ0v) is 47.9. The standard InChI is InChI=1S/C80H54N4O2/c1-45(2)47-21-27-53(28-22-47)81(57-39-67-59-13-5-9-17-71(59)83-72-18-10-6-14-60(72)68(40-57)79(67)83)55-31-25-49-35-63-65-43-78-66(44-77(65)85-75(63)37-51(49)33-55)64-36-50-26-32-56(34-52(50)38-76(64)86-78)82(54-29-23-48(24-30-54)46(3)4)58-41-69-61-15-7-11-19-73(61)84-74-20-12-8-16-62(74)70(42-58)80(69)84/h5-46H,1-4H3. The Morgan fingerprint density at radius 3 is 0.919 bits per heavy atom. The first-order chi connectivity index (χ1) is 42.2. The van der Waals surface area contributed by atoms with Crippen molar-refractivity contribution in [3.8, 4) is 0 Å². The average Bonchev–Trinajstić information content (AvgIpc) is 1.94. The van der Waals surface area contributed by atoms with Crippen LogP contribution in [0, 0.1) is 0 Å². The lowest BCUT2D eigenvalue weighted by Crippen LogP contribution is -2.10. The minimum atomic E-state index is 0.424. The first-order valence-corrected chi connectivity index (χ1v) is 30.1. The molecular formula is C80H54N4O2. The number of hydrogen-bond acceptors (Lipinski definition) is 4. The molecule has 0 bridgehead atoms. The Hall–Kier alpha value is -10.8. The SMILES string of the molecule is CC(C)c1ccc(N(c2ccc3cc4c(cc3c2)oc2cc3c(cc24)oc2cc4cc(N(c5ccc(C(C)C)cc5)c5cc6c7ccccc7n7c8ccccc8c(c5)c67)ccc4cc23)c2cc3c4ccccc4n4c5ccccc5c(c2)c34)cc1. The topological polar surface area (TPSA) is 41.6 Å². The summed E-state index contributed by atoms with van der Waals surface area (Å²) in [5.74, 6) is 0.847. The molecule has 0 saturated carbocycles. The normalized spacial score (nSPS) is 12.6. The van der Waals surface area contributed by atoms with Crippen molar-refractivity contribution in [3.63, 3.8) is 0 Å². The summed E-state index contributed by atoms with van der Waals surface area (Å²) >= 11 is 0. The van der Waals surface area contributed by atoms with Crippen molar-refractivity contribution in [1.29, 1.82) is 0 Å². The smallest absolute Gasteiger partial charge is 0.136 e. The Balaban J connectivity index is 0.729. The van der Waals surface area contributed by atoms with Gasteiger partial charge in [-0.3, -0.25) is 0 Å². The summed E-state index contributed by atoms with van der Waals surface area (Å²) in [4.78, 5) is 4.85. The van der Waals surface area contributed by atoms with Crippen molar-refractivity contribution < 1.29 is 8.83 Å². The van der Waals surface area contributed by atoms with Crippen LogP contribution in [0.1, 0.15) is 50.7 Å². The fraction of sp³-hybridized carbons (Fsp3) is 0.0750. The molecule has 6 heteroatoms. The van der Waals surface area contributed by atoms with Crippen molar-refractivity contribution in [3.05, 3.63) is 254 Å². The molecule has 0 N–H and O–H groups in total. The molecule has 6 heterocycles. The molecule has 0 unspecified atom stereocenters. The van der Waals surface area contributed by atoms with Gasteiger partial charge in [-0.05, 0) is 178 Å². The zero-order valence-electron chi connectivity index (χ0n) is 47.9. The van der Waals surface area contributed by atoms with E-state index < -0.39 is 0 Å². The molecule has 0 aliphatic carbocycles. The van der Waals surface area contributed by atoms with Crippen LogP contribution in [0.2, 0.25) is 0 Å². The molecule has 19 aromatic rings. The highest BCUT2D eigenvalue weighted by Crippen LogP contribution is 2.49. The van der Waals surface area contributed by atoms with Gasteiger partial charge >= 0.3 is 0 Å². The molecule has 0 atom stereocenters. The van der Waals surface area contributed by atoms with E-state index in [9.17, 15) is 0 Å². The number of furan rings is 2. The molecule has 86 heavy (non-hydrogen) atoms. The maximum absolute atomic E-state index is 6.90. The van der Waals surface area contributed by atoms with Crippen LogP contribution in [0.4, 0.5) is 34.1 Å². The van der Waals surface area contributed by atoms with Gasteiger partial charge in [0.25, 0.3) is 0 Å². The van der Waals surface area contributed by atoms with Crippen LogP contribution in [0.25, 0.3) is 142 Å². The van der Waals surface area contributed by atoms with Gasteiger partial charge in [-0.15, -0.1) is 0 Å². The van der Waals surface area contributed by atoms with Gasteiger partial charge < -0.3 is 27.4 Å². The number of nitrogens with zero attached hydrogens (tertiary/aromatic N) is 4. The monoisotopic (exact) mass is 1100 g/mol. The van der Waals surface area contributed by atoms with E-state index in [1.54, 1.807) is 0 Å². The summed E-state index contributed by atoms with van der Waals surface area (Å²) in [5.41, 5.74) is 20.0. The lowest BCUT2D eigenvalue weighted by molar-refractivity contribution is 0.664. The second-order valence-corrected chi connectivity index (χ2v) is 24.5. The maximum Gasteiger partial charge on any atom is 0.136 e. The molecule has 0 amide bonds. The van der Waals surface area contributed by atoms with Gasteiger partial charge in [0.1, 0.15) is 22.3 Å². The van der Waals surface area contributed by atoms with Crippen LogP contribution >= 0.6 is 0 Å². The van der Waals surface area contributed by atoms with E-state index in [1.807, 2.05) is 0 Å². The lowest BCUT2D eigenvalue weighted by Gasteiger charge is -2.26. The Kier molecular flexibility index (Phi) is 9.63. The van der Waals surface area contributed by atoms with E-state index in [0.29, 0.717) is 11.8 Å². The van der Waals surface area contributed by atoms with Crippen LogP contribution in [-0.2, 0) is 0 Å². The summed E-state index contributed by atoms with van der Waals surface area (Å²) < 4.78 is 18.7. The Morgan fingerprint density at radius 1 is 0.256 bits per heavy atom. The average molecular weight is 1100 g/mol. The third kappa shape index (κ3) is 6.66. The Labute approximate surface area is 493 Å². The second-order valence-electron chi connectivity index (χ2n) is 24.5. The summed E-state index contributed by atoms with van der Waals surface area (Å²) in [6.07, 6.45) is 0. The van der Waals surface area contributed by atoms with Crippen LogP contribution < -0.4 is 9.80 Å². The minimum absolute atomic E-state index is 0.424. The van der Waals surface area contributed by atoms with E-state index in [2.05, 4.69) is 289 Å². The fourth-order valence-corrected chi connectivity index (χ4v) is 14.8. The number of fused-ring (bicyclic) bond motifs is 20. The van der Waals surface area contributed by atoms with E-state index in [1.165, 1.54) is 87.3 Å². The molecule has 0 saturated heterocycles. The quantitative estimate of drug-likeness (QED) is 0.152. The van der Waals surface area contributed by atoms with Crippen molar-refractivity contribution >= 4 is 176 Å². The predicted octanol–water partition coefficient (Wildman–Crippen LogP) is 23.3. The molecule has 0 radical (unpaired) electrons. The van der Waals surface area contributed by atoms with Crippen molar-refractivity contribution in [2.45, 2.75) is 39.5 Å². The highest BCUT2D eigenvalue weighted by atomic mass is 16.3. The molecule has 0 spiro atoms. The molecule has 13 aromatic carbocycles. The van der Waals surface area contributed by atoms with Crippen LogP contribution in [0.5, 0.6) is 0 Å². The van der Waals surface area contributed by atoms with Gasteiger partial charge in [0.15, 0.2) is 0 Å². The molecule has 19 rings (SSSR count). The van der Waals surface area contributed by atoms with E-state index in [-0.39, 0.29) is 0 Å². The number of rotatable bonds is 8. The molecule has 0 fully saturated rings. The Morgan fingerprint density at radius 2 is 0.570 bits per heavy atom. The largest absolute Gasteiger partial charge is 0.456 e. The number of para-hydroxylation sites is 4. The van der Waals surface area contributed by atoms with Crippen molar-refractivity contribution in [2.24, 2.45) is 0 Å². The van der Waals surface area contributed by atoms with Gasteiger partial charge in [-0.2, -0.15) is 0 Å². The highest BCUT2D eigenvalue weighted by Gasteiger charge is 2.25. The van der Waals surface area contributed by atoms with E-state index >= 15 is 0 Å². The molecular weight excluding hydrogens is 1050 g/mol. The Bertz CT molecular complexity index is 5500. The molecule has 0 aliphatic heterocycles. The minimum Gasteiger partial charge on any atom is -0.456 e.